The molecule has 5 nitrogen and oxygen atoms in total. The average Bonchev–Trinajstić information content (AvgIpc) is 3.21. The zero-order chi connectivity index (χ0) is 18.4. The van der Waals surface area contributed by atoms with Crippen LogP contribution in [-0.2, 0) is 14.3 Å². The lowest BCUT2D eigenvalue weighted by Gasteiger charge is -2.39. The largest absolute Gasteiger partial charge is 0.456 e. The Hall–Kier alpha value is -1.17. The van der Waals surface area contributed by atoms with Crippen LogP contribution in [0.25, 0.3) is 0 Å². The highest BCUT2D eigenvalue weighted by atomic mass is 16.6. The van der Waals surface area contributed by atoms with Gasteiger partial charge in [0.05, 0.1) is 23.4 Å². The number of ether oxygens (including phenoxy) is 2. The molecule has 2 bridgehead atoms. The van der Waals surface area contributed by atoms with Crippen molar-refractivity contribution in [3.05, 3.63) is 24.3 Å². The molecule has 1 saturated carbocycles. The summed E-state index contributed by atoms with van der Waals surface area (Å²) in [5.74, 6) is -0.417. The number of carbonyl (C=O) groups is 1. The van der Waals surface area contributed by atoms with Gasteiger partial charge in [0, 0.05) is 5.57 Å². The van der Waals surface area contributed by atoms with Crippen molar-refractivity contribution in [1.29, 1.82) is 0 Å². The molecule has 2 heterocycles. The van der Waals surface area contributed by atoms with E-state index in [-0.39, 0.29) is 17.6 Å². The fourth-order valence-electron chi connectivity index (χ4n) is 4.11. The lowest BCUT2D eigenvalue weighted by Crippen LogP contribution is -2.47. The molecule has 140 valence electrons. The number of aliphatic hydroxyl groups excluding tert-OH is 1. The topological polar surface area (TPSA) is 79.3 Å². The molecule has 0 aromatic carbocycles. The summed E-state index contributed by atoms with van der Waals surface area (Å²) in [4.78, 5) is 12.2. The minimum absolute atomic E-state index is 0.00206. The zero-order valence-corrected chi connectivity index (χ0v) is 15.3. The van der Waals surface area contributed by atoms with Gasteiger partial charge in [-0.2, -0.15) is 0 Å². The fourth-order valence-corrected chi connectivity index (χ4v) is 4.11. The third-order valence-electron chi connectivity index (χ3n) is 6.34. The van der Waals surface area contributed by atoms with E-state index in [1.165, 1.54) is 0 Å². The van der Waals surface area contributed by atoms with Gasteiger partial charge >= 0.3 is 5.97 Å². The van der Waals surface area contributed by atoms with Crippen molar-refractivity contribution in [2.75, 3.05) is 0 Å². The molecule has 0 spiro atoms. The number of aliphatic hydroxyl groups is 2. The first-order valence-corrected chi connectivity index (χ1v) is 9.28. The Morgan fingerprint density at radius 3 is 2.56 bits per heavy atom. The van der Waals surface area contributed by atoms with Gasteiger partial charge in [-0.1, -0.05) is 13.2 Å². The molecule has 3 aliphatic rings. The predicted octanol–water partition coefficient (Wildman–Crippen LogP) is 2.65. The molecule has 0 aromatic heterocycles. The van der Waals surface area contributed by atoms with E-state index in [2.05, 4.69) is 20.1 Å². The molecular weight excluding hydrogens is 320 g/mol. The van der Waals surface area contributed by atoms with E-state index >= 15 is 0 Å². The van der Waals surface area contributed by atoms with Crippen LogP contribution in [0.1, 0.15) is 58.8 Å². The SMILES string of the molecule is C=C1C(=O)O[C@@H]2C[C@H]1CC[C@]1(C)O[C@H]1CCC(=C)[C@H](O)CC[C@]2(C)O. The third-order valence-corrected chi connectivity index (χ3v) is 6.34. The summed E-state index contributed by atoms with van der Waals surface area (Å²) in [5.41, 5.74) is -0.0803. The lowest BCUT2D eigenvalue weighted by atomic mass is 9.78. The Kier molecular flexibility index (Phi) is 4.86. The van der Waals surface area contributed by atoms with Gasteiger partial charge in [-0.25, -0.2) is 4.79 Å². The molecule has 3 fully saturated rings. The molecule has 6 atom stereocenters. The van der Waals surface area contributed by atoms with E-state index < -0.39 is 23.8 Å². The van der Waals surface area contributed by atoms with Crippen LogP contribution in [0.15, 0.2) is 24.3 Å². The summed E-state index contributed by atoms with van der Waals surface area (Å²) in [7, 11) is 0. The van der Waals surface area contributed by atoms with Crippen LogP contribution >= 0.6 is 0 Å². The zero-order valence-electron chi connectivity index (χ0n) is 15.3. The molecule has 0 amide bonds. The van der Waals surface area contributed by atoms with Crippen LogP contribution < -0.4 is 0 Å². The molecule has 0 aromatic rings. The molecular formula is C20H30O5. The van der Waals surface area contributed by atoms with Gasteiger partial charge in [-0.15, -0.1) is 0 Å². The van der Waals surface area contributed by atoms with E-state index in [1.807, 2.05) is 0 Å². The summed E-state index contributed by atoms with van der Waals surface area (Å²) in [5, 5.41) is 21.2. The number of carbonyl (C=O) groups excluding carboxylic acids is 1. The second kappa shape index (κ2) is 6.53. The van der Waals surface area contributed by atoms with E-state index in [9.17, 15) is 15.0 Å². The number of esters is 1. The van der Waals surface area contributed by atoms with Crippen molar-refractivity contribution in [1.82, 2.24) is 0 Å². The van der Waals surface area contributed by atoms with E-state index in [4.69, 9.17) is 9.47 Å². The molecule has 1 aliphatic carbocycles. The number of epoxide rings is 1. The van der Waals surface area contributed by atoms with Crippen LogP contribution in [0.4, 0.5) is 0 Å². The monoisotopic (exact) mass is 350 g/mol. The van der Waals surface area contributed by atoms with Gasteiger partial charge in [0.1, 0.15) is 6.10 Å². The van der Waals surface area contributed by atoms with E-state index in [0.717, 1.165) is 31.3 Å². The second-order valence-corrected chi connectivity index (χ2v) is 8.42. The third kappa shape index (κ3) is 3.83. The Balaban J connectivity index is 1.79. The minimum Gasteiger partial charge on any atom is -0.456 e. The van der Waals surface area contributed by atoms with Gasteiger partial charge < -0.3 is 19.7 Å². The van der Waals surface area contributed by atoms with Gasteiger partial charge in [-0.3, -0.25) is 0 Å². The van der Waals surface area contributed by atoms with Gasteiger partial charge in [0.25, 0.3) is 0 Å². The van der Waals surface area contributed by atoms with Crippen molar-refractivity contribution in [2.24, 2.45) is 5.92 Å². The summed E-state index contributed by atoms with van der Waals surface area (Å²) >= 11 is 0. The molecule has 2 aliphatic heterocycles. The van der Waals surface area contributed by atoms with Crippen molar-refractivity contribution in [2.45, 2.75) is 88.3 Å². The number of rotatable bonds is 0. The average molecular weight is 350 g/mol. The molecule has 25 heavy (non-hydrogen) atoms. The Bertz CT molecular complexity index is 581. The maximum absolute atomic E-state index is 12.2. The van der Waals surface area contributed by atoms with Gasteiger partial charge in [0.15, 0.2) is 0 Å². The number of hydrogen-bond donors (Lipinski definition) is 2. The summed E-state index contributed by atoms with van der Waals surface area (Å²) in [6.45, 7) is 11.7. The Labute approximate surface area is 149 Å². The maximum atomic E-state index is 12.2. The Morgan fingerprint density at radius 2 is 1.84 bits per heavy atom. The van der Waals surface area contributed by atoms with Gasteiger partial charge in [-0.05, 0) is 70.3 Å². The van der Waals surface area contributed by atoms with Crippen molar-refractivity contribution in [3.8, 4) is 0 Å². The highest BCUT2D eigenvalue weighted by Gasteiger charge is 2.52. The van der Waals surface area contributed by atoms with Crippen LogP contribution in [0.2, 0.25) is 0 Å². The molecule has 0 radical (unpaired) electrons. The van der Waals surface area contributed by atoms with E-state index in [1.54, 1.807) is 6.92 Å². The highest BCUT2D eigenvalue weighted by Crippen LogP contribution is 2.46. The number of fused-ring (bicyclic) bond motifs is 3. The van der Waals surface area contributed by atoms with Crippen molar-refractivity contribution < 1.29 is 24.5 Å². The van der Waals surface area contributed by atoms with Crippen LogP contribution in [0, 0.1) is 5.92 Å². The number of hydrogen-bond acceptors (Lipinski definition) is 5. The van der Waals surface area contributed by atoms with Crippen LogP contribution in [0.5, 0.6) is 0 Å². The quantitative estimate of drug-likeness (QED) is 0.304. The first-order valence-electron chi connectivity index (χ1n) is 9.28. The Morgan fingerprint density at radius 1 is 1.12 bits per heavy atom. The maximum Gasteiger partial charge on any atom is 0.334 e. The second-order valence-electron chi connectivity index (χ2n) is 8.42. The van der Waals surface area contributed by atoms with Crippen molar-refractivity contribution >= 4 is 5.97 Å². The summed E-state index contributed by atoms with van der Waals surface area (Å²) in [6, 6.07) is 0. The van der Waals surface area contributed by atoms with Crippen LogP contribution in [-0.4, -0.2) is 45.7 Å². The first-order chi connectivity index (χ1) is 11.6. The molecule has 2 N–H and O–H groups in total. The predicted molar refractivity (Wildman–Crippen MR) is 93.9 cm³/mol. The van der Waals surface area contributed by atoms with E-state index in [0.29, 0.717) is 24.8 Å². The molecule has 2 saturated heterocycles. The van der Waals surface area contributed by atoms with Crippen molar-refractivity contribution in [3.63, 3.8) is 0 Å². The fraction of sp³-hybridized carbons (Fsp3) is 0.750. The normalized spacial score (nSPS) is 46.0. The minimum atomic E-state index is -1.18. The first kappa shape index (κ1) is 18.6. The molecule has 0 unspecified atom stereocenters. The smallest absolute Gasteiger partial charge is 0.334 e. The highest BCUT2D eigenvalue weighted by molar-refractivity contribution is 5.89. The molecule has 3 rings (SSSR count). The summed E-state index contributed by atoms with van der Waals surface area (Å²) < 4.78 is 11.3. The standard InChI is InChI=1S/C20H30O5/c1-12-5-6-16-20(4,25-16)10-7-14-11-17(24-18(22)13(14)2)19(3,23)9-8-15(12)21/h14-17,21,23H,1-2,5-11H2,3-4H3/t14-,15-,16+,17-,19+,20+/m1/s1. The van der Waals surface area contributed by atoms with Gasteiger partial charge in [0.2, 0.25) is 0 Å². The van der Waals surface area contributed by atoms with Crippen LogP contribution in [0.3, 0.4) is 0 Å². The molecule has 5 heteroatoms. The summed E-state index contributed by atoms with van der Waals surface area (Å²) in [6.07, 6.45) is 3.47. The lowest BCUT2D eigenvalue weighted by molar-refractivity contribution is -0.169.